The number of thioether (sulfide) groups is 1. The van der Waals surface area contributed by atoms with Crippen molar-refractivity contribution in [3.63, 3.8) is 0 Å². The van der Waals surface area contributed by atoms with E-state index in [4.69, 9.17) is 21.1 Å². The van der Waals surface area contributed by atoms with Crippen molar-refractivity contribution in [2.24, 2.45) is 0 Å². The highest BCUT2D eigenvalue weighted by Gasteiger charge is 2.36. The fraction of sp³-hybridized carbons (Fsp3) is 0.261. The minimum atomic E-state index is -0.634. The predicted molar refractivity (Wildman–Crippen MR) is 121 cm³/mol. The van der Waals surface area contributed by atoms with E-state index in [2.05, 4.69) is 0 Å². The van der Waals surface area contributed by atoms with Gasteiger partial charge in [0.1, 0.15) is 24.7 Å². The van der Waals surface area contributed by atoms with Crippen molar-refractivity contribution in [2.75, 3.05) is 6.54 Å². The van der Waals surface area contributed by atoms with Crippen molar-refractivity contribution in [3.8, 4) is 5.75 Å². The molecule has 2 aromatic rings. The molecule has 6 nitrogen and oxygen atoms in total. The van der Waals surface area contributed by atoms with E-state index in [0.717, 1.165) is 16.7 Å². The minimum Gasteiger partial charge on any atom is -0.489 e. The Balaban J connectivity index is 1.68. The summed E-state index contributed by atoms with van der Waals surface area (Å²) in [7, 11) is 0. The molecular formula is C23H21ClFNO5S. The van der Waals surface area contributed by atoms with E-state index in [1.54, 1.807) is 37.3 Å². The molecule has 1 fully saturated rings. The highest BCUT2D eigenvalue weighted by atomic mass is 35.5. The van der Waals surface area contributed by atoms with Gasteiger partial charge >= 0.3 is 5.97 Å². The number of hydrogen-bond donors (Lipinski definition) is 0. The van der Waals surface area contributed by atoms with Gasteiger partial charge in [0.2, 0.25) is 0 Å². The Bertz CT molecular complexity index is 1050. The fourth-order valence-corrected chi connectivity index (χ4v) is 3.84. The van der Waals surface area contributed by atoms with E-state index in [-0.39, 0.29) is 28.2 Å². The standard InChI is InChI=1S/C23H21ClFNO5S/c1-3-14(2)31-21(27)12-26-22(28)20(32-23(26)29)11-15-6-4-7-16(10-15)30-13-17-18(24)8-5-9-19(17)25/h4-11,14H,3,12-13H2,1-2H3/b20-11+/t14-/m0/s1. The molecule has 168 valence electrons. The van der Waals surface area contributed by atoms with Crippen molar-refractivity contribution in [2.45, 2.75) is 33.0 Å². The number of halogens is 2. The van der Waals surface area contributed by atoms with Gasteiger partial charge in [-0.05, 0) is 61.0 Å². The summed E-state index contributed by atoms with van der Waals surface area (Å²) in [5.74, 6) is -1.22. The van der Waals surface area contributed by atoms with E-state index in [0.29, 0.717) is 17.7 Å². The van der Waals surface area contributed by atoms with Crippen LogP contribution in [0, 0.1) is 5.82 Å². The predicted octanol–water partition coefficient (Wildman–Crippen LogP) is 5.44. The summed E-state index contributed by atoms with van der Waals surface area (Å²) < 4.78 is 24.7. The van der Waals surface area contributed by atoms with Gasteiger partial charge in [0.05, 0.1) is 16.0 Å². The number of ether oxygens (including phenoxy) is 2. The molecule has 0 saturated carbocycles. The zero-order valence-electron chi connectivity index (χ0n) is 17.5. The monoisotopic (exact) mass is 477 g/mol. The zero-order valence-corrected chi connectivity index (χ0v) is 19.0. The first-order valence-corrected chi connectivity index (χ1v) is 11.1. The number of hydrogen-bond acceptors (Lipinski definition) is 6. The second-order valence-corrected chi connectivity index (χ2v) is 8.44. The number of imide groups is 1. The Labute approximate surface area is 194 Å². The van der Waals surface area contributed by atoms with E-state index in [1.807, 2.05) is 6.92 Å². The number of carbonyl (C=O) groups is 3. The van der Waals surface area contributed by atoms with E-state index < -0.39 is 29.5 Å². The van der Waals surface area contributed by atoms with Crippen molar-refractivity contribution in [3.05, 3.63) is 69.3 Å². The quantitative estimate of drug-likeness (QED) is 0.372. The third kappa shape index (κ3) is 5.89. The second kappa shape index (κ2) is 10.7. The summed E-state index contributed by atoms with van der Waals surface area (Å²) in [5.41, 5.74) is 0.847. The van der Waals surface area contributed by atoms with Crippen LogP contribution in [0.25, 0.3) is 6.08 Å². The highest BCUT2D eigenvalue weighted by molar-refractivity contribution is 8.18. The molecule has 1 atom stereocenters. The molecule has 32 heavy (non-hydrogen) atoms. The van der Waals surface area contributed by atoms with Crippen LogP contribution in [0.15, 0.2) is 47.4 Å². The molecule has 1 heterocycles. The van der Waals surface area contributed by atoms with Gasteiger partial charge in [-0.25, -0.2) is 4.39 Å². The molecule has 9 heteroatoms. The summed E-state index contributed by atoms with van der Waals surface area (Å²) in [6.07, 6.45) is 1.88. The minimum absolute atomic E-state index is 0.0657. The van der Waals surface area contributed by atoms with Crippen LogP contribution in [-0.2, 0) is 20.9 Å². The third-order valence-corrected chi connectivity index (χ3v) is 5.93. The van der Waals surface area contributed by atoms with E-state index >= 15 is 0 Å². The van der Waals surface area contributed by atoms with Crippen LogP contribution in [0.1, 0.15) is 31.4 Å². The molecule has 3 rings (SSSR count). The van der Waals surface area contributed by atoms with Gasteiger partial charge in [-0.1, -0.05) is 36.7 Å². The Kier molecular flexibility index (Phi) is 7.93. The molecule has 1 aliphatic rings. The first-order valence-electron chi connectivity index (χ1n) is 9.89. The fourth-order valence-electron chi connectivity index (χ4n) is 2.78. The summed E-state index contributed by atoms with van der Waals surface area (Å²) in [5, 5.41) is -0.273. The zero-order chi connectivity index (χ0) is 23.3. The van der Waals surface area contributed by atoms with Crippen molar-refractivity contribution >= 4 is 46.6 Å². The number of amides is 2. The number of carbonyl (C=O) groups excluding carboxylic acids is 3. The molecule has 0 radical (unpaired) electrons. The lowest BCUT2D eigenvalue weighted by Gasteiger charge is -2.14. The van der Waals surface area contributed by atoms with Gasteiger partial charge in [-0.15, -0.1) is 0 Å². The van der Waals surface area contributed by atoms with Crippen LogP contribution in [0.2, 0.25) is 5.02 Å². The van der Waals surface area contributed by atoms with E-state index in [9.17, 15) is 18.8 Å². The number of esters is 1. The van der Waals surface area contributed by atoms with Crippen LogP contribution in [0.5, 0.6) is 5.75 Å². The van der Waals surface area contributed by atoms with Gasteiger partial charge in [0.15, 0.2) is 0 Å². The molecule has 0 aromatic heterocycles. The SMILES string of the molecule is CC[C@H](C)OC(=O)CN1C(=O)S/C(=C/c2cccc(OCc3c(F)cccc3Cl)c2)C1=O. The smallest absolute Gasteiger partial charge is 0.326 e. The molecule has 0 aliphatic carbocycles. The molecule has 0 bridgehead atoms. The van der Waals surface area contributed by atoms with Crippen LogP contribution >= 0.6 is 23.4 Å². The van der Waals surface area contributed by atoms with Gasteiger partial charge in [0.25, 0.3) is 11.1 Å². The Morgan fingerprint density at radius 1 is 1.25 bits per heavy atom. The average Bonchev–Trinajstić information content (AvgIpc) is 3.01. The Morgan fingerprint density at radius 2 is 2.00 bits per heavy atom. The highest BCUT2D eigenvalue weighted by Crippen LogP contribution is 2.32. The first-order chi connectivity index (χ1) is 15.3. The van der Waals surface area contributed by atoms with Crippen LogP contribution < -0.4 is 4.74 Å². The van der Waals surface area contributed by atoms with Crippen LogP contribution in [-0.4, -0.2) is 34.7 Å². The maximum absolute atomic E-state index is 13.9. The number of rotatable bonds is 8. The lowest BCUT2D eigenvalue weighted by Crippen LogP contribution is -2.35. The maximum Gasteiger partial charge on any atom is 0.326 e. The number of nitrogens with zero attached hydrogens (tertiary/aromatic N) is 1. The Morgan fingerprint density at radius 3 is 2.72 bits per heavy atom. The van der Waals surface area contributed by atoms with Crippen LogP contribution in [0.3, 0.4) is 0 Å². The molecular weight excluding hydrogens is 457 g/mol. The maximum atomic E-state index is 13.9. The molecule has 0 spiro atoms. The first kappa shape index (κ1) is 23.8. The molecule has 2 aromatic carbocycles. The lowest BCUT2D eigenvalue weighted by atomic mass is 10.2. The molecule has 0 unspecified atom stereocenters. The number of benzene rings is 2. The summed E-state index contributed by atoms with van der Waals surface area (Å²) in [6.45, 7) is 3.10. The van der Waals surface area contributed by atoms with Gasteiger partial charge < -0.3 is 9.47 Å². The summed E-state index contributed by atoms with van der Waals surface area (Å²) >= 11 is 6.76. The third-order valence-electron chi connectivity index (χ3n) is 4.67. The molecule has 1 aliphatic heterocycles. The molecule has 1 saturated heterocycles. The van der Waals surface area contributed by atoms with Crippen molar-refractivity contribution < 1.29 is 28.2 Å². The lowest BCUT2D eigenvalue weighted by molar-refractivity contribution is -0.150. The molecule has 0 N–H and O–H groups in total. The Hall–Kier alpha value is -2.84. The van der Waals surface area contributed by atoms with E-state index in [1.165, 1.54) is 18.2 Å². The van der Waals surface area contributed by atoms with Crippen molar-refractivity contribution in [1.82, 2.24) is 4.90 Å². The van der Waals surface area contributed by atoms with Gasteiger partial charge in [0, 0.05) is 5.56 Å². The van der Waals surface area contributed by atoms with Crippen LogP contribution in [0.4, 0.5) is 9.18 Å². The normalized spacial score (nSPS) is 15.9. The van der Waals surface area contributed by atoms with Crippen molar-refractivity contribution in [1.29, 1.82) is 0 Å². The second-order valence-electron chi connectivity index (χ2n) is 7.04. The summed E-state index contributed by atoms with van der Waals surface area (Å²) in [4.78, 5) is 37.8. The van der Waals surface area contributed by atoms with Gasteiger partial charge in [-0.3, -0.25) is 19.3 Å². The average molecular weight is 478 g/mol. The molecule has 2 amide bonds. The topological polar surface area (TPSA) is 72.9 Å². The largest absolute Gasteiger partial charge is 0.489 e. The van der Waals surface area contributed by atoms with Gasteiger partial charge in [-0.2, -0.15) is 0 Å². The summed E-state index contributed by atoms with van der Waals surface area (Å²) in [6, 6.07) is 11.2.